The van der Waals surface area contributed by atoms with E-state index in [2.05, 4.69) is 22.3 Å². The Labute approximate surface area is 106 Å². The lowest BCUT2D eigenvalue weighted by Gasteiger charge is -1.94. The molecule has 0 saturated carbocycles. The molecule has 0 spiro atoms. The van der Waals surface area contributed by atoms with Gasteiger partial charge in [-0.05, 0) is 23.3 Å². The van der Waals surface area contributed by atoms with Crippen molar-refractivity contribution in [1.82, 2.24) is 0 Å². The van der Waals surface area contributed by atoms with E-state index >= 15 is 0 Å². The van der Waals surface area contributed by atoms with E-state index in [1.165, 1.54) is 0 Å². The van der Waals surface area contributed by atoms with Gasteiger partial charge in [-0.3, -0.25) is 0 Å². The first-order valence-electron chi connectivity index (χ1n) is 4.97. The van der Waals surface area contributed by atoms with Crippen molar-refractivity contribution in [3.8, 4) is 33.1 Å². The van der Waals surface area contributed by atoms with Crippen LogP contribution in [0.4, 0.5) is 0 Å². The smallest absolute Gasteiger partial charge is 0.147 e. The minimum atomic E-state index is 0.866. The molecule has 0 aromatic rings. The molecule has 0 saturated heterocycles. The average Bonchev–Trinajstić information content (AvgIpc) is 2.31. The Bertz CT molecular complexity index is 330. The van der Waals surface area contributed by atoms with Crippen molar-refractivity contribution in [3.05, 3.63) is 0 Å². The van der Waals surface area contributed by atoms with Gasteiger partial charge in [0.05, 0.1) is 0 Å². The Kier molecular flexibility index (Phi) is 12.8. The zero-order chi connectivity index (χ0) is 11.9. The van der Waals surface area contributed by atoms with Crippen molar-refractivity contribution in [2.75, 3.05) is 0 Å². The first-order valence-corrected chi connectivity index (χ1v) is 6.60. The van der Waals surface area contributed by atoms with Crippen molar-refractivity contribution in [2.45, 2.75) is 38.5 Å². The van der Waals surface area contributed by atoms with E-state index in [4.69, 9.17) is 10.5 Å². The number of hydrogen-bond donors (Lipinski definition) is 0. The van der Waals surface area contributed by atoms with Gasteiger partial charge < -0.3 is 0 Å². The molecule has 0 aliphatic heterocycles. The third-order valence-corrected chi connectivity index (χ3v) is 2.37. The second-order valence-corrected chi connectivity index (χ2v) is 4.04. The van der Waals surface area contributed by atoms with E-state index < -0.39 is 0 Å². The summed E-state index contributed by atoms with van der Waals surface area (Å²) in [5.74, 6) is 5.86. The Morgan fingerprint density at radius 3 is 1.50 bits per heavy atom. The lowest BCUT2D eigenvalue weighted by molar-refractivity contribution is 0.661. The monoisotopic (exact) mass is 248 g/mol. The fraction of sp³-hybridized carbons (Fsp3) is 0.500. The van der Waals surface area contributed by atoms with Crippen molar-refractivity contribution in [2.24, 2.45) is 0 Å². The molecule has 4 heteroatoms. The van der Waals surface area contributed by atoms with Crippen LogP contribution in [0.25, 0.3) is 0 Å². The summed E-state index contributed by atoms with van der Waals surface area (Å²) in [6.07, 6.45) is 6.20. The molecule has 82 valence electrons. The van der Waals surface area contributed by atoms with Crippen molar-refractivity contribution >= 4 is 23.5 Å². The predicted octanol–water partition coefficient (Wildman–Crippen LogP) is 3.68. The number of nitriles is 2. The largest absolute Gasteiger partial charge is 0.184 e. The second kappa shape index (κ2) is 13.8. The zero-order valence-electron chi connectivity index (χ0n) is 8.95. The maximum Gasteiger partial charge on any atom is 0.147 e. The van der Waals surface area contributed by atoms with E-state index in [9.17, 15) is 0 Å². The molecule has 0 fully saturated rings. The highest BCUT2D eigenvalue weighted by Crippen LogP contribution is 2.05. The maximum absolute atomic E-state index is 8.20. The molecule has 0 aromatic heterocycles. The van der Waals surface area contributed by atoms with Gasteiger partial charge in [-0.15, -0.1) is 0 Å². The van der Waals surface area contributed by atoms with Gasteiger partial charge in [-0.2, -0.15) is 10.5 Å². The number of thioether (sulfide) groups is 2. The minimum Gasteiger partial charge on any atom is -0.184 e. The number of unbranched alkanes of at least 4 members (excludes halogenated alkanes) is 5. The third-order valence-electron chi connectivity index (χ3n) is 1.69. The number of thiocyanates is 2. The Hall–Kier alpha value is -1.20. The van der Waals surface area contributed by atoms with E-state index in [1.807, 2.05) is 10.8 Å². The Morgan fingerprint density at radius 2 is 1.12 bits per heavy atom. The van der Waals surface area contributed by atoms with Crippen molar-refractivity contribution in [1.29, 1.82) is 10.5 Å². The summed E-state index contributed by atoms with van der Waals surface area (Å²) in [7, 11) is 0. The summed E-state index contributed by atoms with van der Waals surface area (Å²) < 4.78 is 0. The summed E-state index contributed by atoms with van der Waals surface area (Å²) in [4.78, 5) is 0. The number of nitrogens with zero attached hydrogens (tertiary/aromatic N) is 2. The molecule has 0 unspecified atom stereocenters. The topological polar surface area (TPSA) is 47.6 Å². The van der Waals surface area contributed by atoms with Gasteiger partial charge in [0.25, 0.3) is 0 Å². The van der Waals surface area contributed by atoms with Crippen LogP contribution >= 0.6 is 23.5 Å². The molecule has 16 heavy (non-hydrogen) atoms. The molecule has 0 bridgehead atoms. The van der Waals surface area contributed by atoms with Crippen LogP contribution in [0.5, 0.6) is 0 Å². The fourth-order valence-corrected chi connectivity index (χ4v) is 1.44. The molecule has 0 aliphatic carbocycles. The van der Waals surface area contributed by atoms with Crippen LogP contribution in [0.1, 0.15) is 38.5 Å². The molecule has 0 aliphatic rings. The Balaban J connectivity index is 3.19. The van der Waals surface area contributed by atoms with Gasteiger partial charge in [-0.25, -0.2) is 0 Å². The SMILES string of the molecule is N#CSC#CCCCCCCC#CSC#N. The van der Waals surface area contributed by atoms with Crippen LogP contribution in [-0.2, 0) is 0 Å². The predicted molar refractivity (Wildman–Crippen MR) is 69.7 cm³/mol. The van der Waals surface area contributed by atoms with Crippen LogP contribution in [0.2, 0.25) is 0 Å². The molecule has 0 heterocycles. The van der Waals surface area contributed by atoms with Crippen LogP contribution in [0.15, 0.2) is 0 Å². The average molecular weight is 248 g/mol. The molecule has 0 amide bonds. The molecule has 0 radical (unpaired) electrons. The molecule has 0 atom stereocenters. The Morgan fingerprint density at radius 1 is 0.688 bits per heavy atom. The fourth-order valence-electron chi connectivity index (χ4n) is 1.00. The highest BCUT2D eigenvalue weighted by molar-refractivity contribution is 8.08. The van der Waals surface area contributed by atoms with E-state index in [0.29, 0.717) is 0 Å². The van der Waals surface area contributed by atoms with Gasteiger partial charge >= 0.3 is 0 Å². The number of hydrogen-bond acceptors (Lipinski definition) is 4. The molecule has 0 aromatic carbocycles. The van der Waals surface area contributed by atoms with Gasteiger partial charge in [0.2, 0.25) is 0 Å². The normalized spacial score (nSPS) is 7.62. The lowest BCUT2D eigenvalue weighted by atomic mass is 10.1. The molecular weight excluding hydrogens is 236 g/mol. The first-order chi connectivity index (χ1) is 7.91. The standard InChI is InChI=1S/C12H12N2S2/c13-11-15-9-7-5-3-1-2-4-6-8-10-16-12-14/h1-6H2. The summed E-state index contributed by atoms with van der Waals surface area (Å²) in [6, 6.07) is 0. The number of rotatable bonds is 5. The van der Waals surface area contributed by atoms with E-state index in [-0.39, 0.29) is 0 Å². The molecule has 0 rings (SSSR count). The quantitative estimate of drug-likeness (QED) is 0.423. The minimum absolute atomic E-state index is 0.866. The van der Waals surface area contributed by atoms with Crippen LogP contribution in [0, 0.1) is 43.7 Å². The highest BCUT2D eigenvalue weighted by Gasteiger charge is 1.87. The first kappa shape index (κ1) is 14.8. The van der Waals surface area contributed by atoms with Gasteiger partial charge in [0, 0.05) is 36.4 Å². The highest BCUT2D eigenvalue weighted by atomic mass is 32.2. The maximum atomic E-state index is 8.20. The van der Waals surface area contributed by atoms with Gasteiger partial charge in [0.1, 0.15) is 10.8 Å². The van der Waals surface area contributed by atoms with Crippen LogP contribution in [0.3, 0.4) is 0 Å². The summed E-state index contributed by atoms with van der Waals surface area (Å²) in [5.41, 5.74) is 0. The van der Waals surface area contributed by atoms with Crippen molar-refractivity contribution < 1.29 is 0 Å². The third kappa shape index (κ3) is 12.8. The lowest BCUT2D eigenvalue weighted by Crippen LogP contribution is -1.76. The van der Waals surface area contributed by atoms with E-state index in [1.54, 1.807) is 0 Å². The van der Waals surface area contributed by atoms with Gasteiger partial charge in [-0.1, -0.05) is 24.7 Å². The summed E-state index contributed by atoms with van der Waals surface area (Å²) >= 11 is 1.97. The van der Waals surface area contributed by atoms with E-state index in [0.717, 1.165) is 62.0 Å². The summed E-state index contributed by atoms with van der Waals surface area (Å²) in [5, 5.41) is 25.6. The molecule has 0 N–H and O–H groups in total. The zero-order valence-corrected chi connectivity index (χ0v) is 10.6. The van der Waals surface area contributed by atoms with Gasteiger partial charge in [0.15, 0.2) is 0 Å². The van der Waals surface area contributed by atoms with Crippen LogP contribution < -0.4 is 0 Å². The van der Waals surface area contributed by atoms with Crippen molar-refractivity contribution in [3.63, 3.8) is 0 Å². The van der Waals surface area contributed by atoms with Crippen LogP contribution in [-0.4, -0.2) is 0 Å². The molecule has 2 nitrogen and oxygen atoms in total. The summed E-state index contributed by atoms with van der Waals surface area (Å²) in [6.45, 7) is 0. The second-order valence-electron chi connectivity index (χ2n) is 2.86. The molecular formula is C12H12N2S2.